The first-order chi connectivity index (χ1) is 11.2. The molecule has 0 aromatic heterocycles. The van der Waals surface area contributed by atoms with Crippen molar-refractivity contribution >= 4 is 11.9 Å². The van der Waals surface area contributed by atoms with E-state index in [1.165, 1.54) is 6.08 Å². The van der Waals surface area contributed by atoms with E-state index in [0.29, 0.717) is 6.42 Å². The highest BCUT2D eigenvalue weighted by molar-refractivity contribution is 5.84. The summed E-state index contributed by atoms with van der Waals surface area (Å²) in [5.41, 5.74) is -3.93. The van der Waals surface area contributed by atoms with Crippen LogP contribution in [0.1, 0.15) is 26.7 Å². The van der Waals surface area contributed by atoms with Gasteiger partial charge in [-0.1, -0.05) is 12.2 Å². The topological polar surface area (TPSA) is 148 Å². The molecule has 0 radical (unpaired) electrons. The second-order valence-electron chi connectivity index (χ2n) is 5.49. The van der Waals surface area contributed by atoms with Gasteiger partial charge in [-0.25, -0.2) is 0 Å². The van der Waals surface area contributed by atoms with Crippen molar-refractivity contribution in [1.82, 2.24) is 0 Å². The average molecular weight is 326 g/mol. The molecule has 0 fully saturated rings. The molecule has 1 aliphatic rings. The number of allylic oxidation sites excluding steroid dienone is 1. The molecule has 24 heavy (non-hydrogen) atoms. The van der Waals surface area contributed by atoms with Crippen LogP contribution in [-0.4, -0.2) is 23.1 Å². The quantitative estimate of drug-likeness (QED) is 0.554. The Hall–Kier alpha value is -3.36. The van der Waals surface area contributed by atoms with Gasteiger partial charge >= 0.3 is 11.9 Å². The fourth-order valence-electron chi connectivity index (χ4n) is 2.03. The lowest BCUT2D eigenvalue weighted by Gasteiger charge is -2.27. The third-order valence-electron chi connectivity index (χ3n) is 3.46. The Morgan fingerprint density at radius 2 is 1.42 bits per heavy atom. The van der Waals surface area contributed by atoms with Crippen LogP contribution >= 0.6 is 0 Å². The SMILES string of the molecule is CC(C#N)(C#N)OC(=O)C1C=CCCC1C(=O)OC(C)(C#N)C#N. The normalized spacial score (nSPS) is 19.8. The first-order valence-corrected chi connectivity index (χ1v) is 7.01. The highest BCUT2D eigenvalue weighted by Gasteiger charge is 2.41. The maximum Gasteiger partial charge on any atom is 0.316 e. The third kappa shape index (κ3) is 4.09. The highest BCUT2D eigenvalue weighted by Crippen LogP contribution is 2.30. The number of hydrogen-bond acceptors (Lipinski definition) is 8. The molecule has 0 amide bonds. The number of hydrogen-bond donors (Lipinski definition) is 0. The number of esters is 2. The molecule has 1 aliphatic carbocycles. The number of ether oxygens (including phenoxy) is 2. The van der Waals surface area contributed by atoms with Crippen molar-refractivity contribution in [2.45, 2.75) is 37.9 Å². The fraction of sp³-hybridized carbons (Fsp3) is 0.500. The monoisotopic (exact) mass is 326 g/mol. The second kappa shape index (κ2) is 7.27. The Morgan fingerprint density at radius 3 is 1.88 bits per heavy atom. The molecule has 8 nitrogen and oxygen atoms in total. The van der Waals surface area contributed by atoms with E-state index >= 15 is 0 Å². The van der Waals surface area contributed by atoms with Crippen LogP contribution in [0.3, 0.4) is 0 Å². The minimum Gasteiger partial charge on any atom is -0.430 e. The van der Waals surface area contributed by atoms with E-state index in [1.54, 1.807) is 30.4 Å². The van der Waals surface area contributed by atoms with Crippen molar-refractivity contribution in [3.8, 4) is 24.3 Å². The van der Waals surface area contributed by atoms with Gasteiger partial charge in [-0.15, -0.1) is 0 Å². The zero-order valence-corrected chi connectivity index (χ0v) is 13.1. The van der Waals surface area contributed by atoms with Crippen molar-refractivity contribution in [2.24, 2.45) is 11.8 Å². The maximum atomic E-state index is 12.3. The molecule has 0 heterocycles. The van der Waals surface area contributed by atoms with Crippen molar-refractivity contribution in [2.75, 3.05) is 0 Å². The molecule has 0 aromatic rings. The first-order valence-electron chi connectivity index (χ1n) is 7.01. The first kappa shape index (κ1) is 18.7. The molecule has 1 rings (SSSR count). The molecule has 0 saturated heterocycles. The van der Waals surface area contributed by atoms with Gasteiger partial charge in [0.2, 0.25) is 0 Å². The Morgan fingerprint density at radius 1 is 0.958 bits per heavy atom. The lowest BCUT2D eigenvalue weighted by atomic mass is 9.83. The maximum absolute atomic E-state index is 12.3. The average Bonchev–Trinajstić information content (AvgIpc) is 2.61. The van der Waals surface area contributed by atoms with E-state index in [-0.39, 0.29) is 6.42 Å². The van der Waals surface area contributed by atoms with E-state index in [1.807, 2.05) is 0 Å². The number of nitriles is 4. The van der Waals surface area contributed by atoms with Crippen molar-refractivity contribution in [3.63, 3.8) is 0 Å². The summed E-state index contributed by atoms with van der Waals surface area (Å²) in [6, 6.07) is 6.28. The molecule has 2 unspecified atom stereocenters. The van der Waals surface area contributed by atoms with Gasteiger partial charge in [0.05, 0.1) is 11.8 Å². The Kier molecular flexibility index (Phi) is 5.66. The van der Waals surface area contributed by atoms with Gasteiger partial charge in [-0.3, -0.25) is 9.59 Å². The van der Waals surface area contributed by atoms with Crippen molar-refractivity contribution < 1.29 is 19.1 Å². The smallest absolute Gasteiger partial charge is 0.316 e. The molecule has 0 saturated carbocycles. The lowest BCUT2D eigenvalue weighted by Crippen LogP contribution is -2.40. The van der Waals surface area contributed by atoms with Gasteiger partial charge < -0.3 is 9.47 Å². The summed E-state index contributed by atoms with van der Waals surface area (Å²) in [4.78, 5) is 24.5. The van der Waals surface area contributed by atoms with Crippen molar-refractivity contribution in [3.05, 3.63) is 12.2 Å². The Bertz CT molecular complexity index is 701. The van der Waals surface area contributed by atoms with Gasteiger partial charge in [0, 0.05) is 13.8 Å². The number of rotatable bonds is 4. The van der Waals surface area contributed by atoms with E-state index in [4.69, 9.17) is 30.5 Å². The number of nitrogens with zero attached hydrogens (tertiary/aromatic N) is 4. The van der Waals surface area contributed by atoms with Crippen LogP contribution in [0.2, 0.25) is 0 Å². The third-order valence-corrected chi connectivity index (χ3v) is 3.46. The molecular weight excluding hydrogens is 312 g/mol. The number of carbonyl (C=O) groups excluding carboxylic acids is 2. The minimum absolute atomic E-state index is 0.248. The predicted molar refractivity (Wildman–Crippen MR) is 76.8 cm³/mol. The summed E-state index contributed by atoms with van der Waals surface area (Å²) in [7, 11) is 0. The van der Waals surface area contributed by atoms with Crippen LogP contribution in [0, 0.1) is 57.2 Å². The molecule has 0 aromatic carbocycles. The van der Waals surface area contributed by atoms with E-state index in [9.17, 15) is 9.59 Å². The van der Waals surface area contributed by atoms with Crippen LogP contribution in [0.4, 0.5) is 0 Å². The molecule has 2 atom stereocenters. The molecular formula is C16H14N4O4. The summed E-state index contributed by atoms with van der Waals surface area (Å²) >= 11 is 0. The summed E-state index contributed by atoms with van der Waals surface area (Å²) in [6.45, 7) is 2.27. The van der Waals surface area contributed by atoms with Crippen LogP contribution in [0.15, 0.2) is 12.2 Å². The Labute approximate surface area is 139 Å². The van der Waals surface area contributed by atoms with Gasteiger partial charge in [0.15, 0.2) is 0 Å². The zero-order valence-electron chi connectivity index (χ0n) is 13.1. The summed E-state index contributed by atoms with van der Waals surface area (Å²) < 4.78 is 9.79. The van der Waals surface area contributed by atoms with E-state index in [2.05, 4.69) is 0 Å². The van der Waals surface area contributed by atoms with Crippen LogP contribution in [0.25, 0.3) is 0 Å². The summed E-state index contributed by atoms with van der Waals surface area (Å²) in [6.07, 6.45) is 3.84. The predicted octanol–water partition coefficient (Wildman–Crippen LogP) is 1.27. The highest BCUT2D eigenvalue weighted by atomic mass is 16.6. The van der Waals surface area contributed by atoms with Gasteiger partial charge in [-0.2, -0.15) is 21.0 Å². The molecule has 0 N–H and O–H groups in total. The zero-order chi connectivity index (χ0) is 18.4. The van der Waals surface area contributed by atoms with Crippen LogP contribution < -0.4 is 0 Å². The van der Waals surface area contributed by atoms with Gasteiger partial charge in [0.25, 0.3) is 11.2 Å². The lowest BCUT2D eigenvalue weighted by molar-refractivity contribution is -0.166. The number of carbonyl (C=O) groups is 2. The van der Waals surface area contributed by atoms with E-state index in [0.717, 1.165) is 13.8 Å². The standard InChI is InChI=1S/C16H14N4O4/c1-15(7-17,8-18)23-13(21)11-5-3-4-6-12(11)14(22)24-16(2,9-19)10-20/h3,5,11-12H,4,6H2,1-2H3. The molecule has 0 spiro atoms. The van der Waals surface area contributed by atoms with Gasteiger partial charge in [0.1, 0.15) is 24.3 Å². The largest absolute Gasteiger partial charge is 0.430 e. The molecule has 8 heteroatoms. The van der Waals surface area contributed by atoms with Crippen LogP contribution in [-0.2, 0) is 19.1 Å². The van der Waals surface area contributed by atoms with Crippen molar-refractivity contribution in [1.29, 1.82) is 21.0 Å². The van der Waals surface area contributed by atoms with Crippen LogP contribution in [0.5, 0.6) is 0 Å². The summed E-state index contributed by atoms with van der Waals surface area (Å²) in [5, 5.41) is 35.6. The molecule has 0 aliphatic heterocycles. The van der Waals surface area contributed by atoms with Gasteiger partial charge in [-0.05, 0) is 12.8 Å². The minimum atomic E-state index is -1.97. The summed E-state index contributed by atoms with van der Waals surface area (Å²) in [5.74, 6) is -3.84. The second-order valence-corrected chi connectivity index (χ2v) is 5.49. The van der Waals surface area contributed by atoms with E-state index < -0.39 is 35.0 Å². The Balaban J connectivity index is 2.98. The molecule has 0 bridgehead atoms. The fourth-order valence-corrected chi connectivity index (χ4v) is 2.03. The molecule has 122 valence electrons.